The molecular weight excluding hydrogens is 347 g/mol. The molecule has 0 amide bonds. The predicted octanol–water partition coefficient (Wildman–Crippen LogP) is 2.25. The molecule has 0 fully saturated rings. The lowest BCUT2D eigenvalue weighted by Crippen LogP contribution is -2.00. The van der Waals surface area contributed by atoms with Crippen LogP contribution in [-0.2, 0) is 0 Å². The molecule has 0 radical (unpaired) electrons. The average molecular weight is 365 g/mol. The molecular formula is C14H18ClN8P. The van der Waals surface area contributed by atoms with Crippen molar-refractivity contribution in [3.05, 3.63) is 60.3 Å². The number of nitrogens with zero attached hydrogens (tertiary/aromatic N) is 4. The number of para-hydroxylation sites is 1. The molecule has 2 heterocycles. The molecule has 2 aromatic heterocycles. The summed E-state index contributed by atoms with van der Waals surface area (Å²) in [5, 5.41) is 3.33. The lowest BCUT2D eigenvalue weighted by atomic mass is 10.3. The van der Waals surface area contributed by atoms with Gasteiger partial charge in [0.15, 0.2) is 22.6 Å². The number of halogens is 1. The zero-order valence-electron chi connectivity index (χ0n) is 12.7. The second-order valence-electron chi connectivity index (χ2n) is 4.01. The molecule has 7 N–H and O–H groups in total. The fraction of sp³-hybridized carbons (Fsp3) is 0. The van der Waals surface area contributed by atoms with Crippen molar-refractivity contribution in [3.8, 4) is 0 Å². The van der Waals surface area contributed by atoms with Gasteiger partial charge in [-0.3, -0.25) is 0 Å². The summed E-state index contributed by atoms with van der Waals surface area (Å²) in [6.45, 7) is 0. The topological polar surface area (TPSA) is 142 Å². The molecule has 10 heteroatoms. The van der Waals surface area contributed by atoms with E-state index >= 15 is 0 Å². The maximum Gasteiger partial charge on any atom is 0.173 e. The first kappa shape index (κ1) is 19.5. The summed E-state index contributed by atoms with van der Waals surface area (Å²) in [5.74, 6) is 1.25. The van der Waals surface area contributed by atoms with Gasteiger partial charge in [-0.1, -0.05) is 39.2 Å². The molecule has 24 heavy (non-hydrogen) atoms. The minimum Gasteiger partial charge on any atom is -0.381 e. The molecule has 1 unspecified atom stereocenters. The quantitative estimate of drug-likeness (QED) is 0.507. The standard InChI is InChI=1S/C10H10N4.C4H4ClN3.H4NP/c11-9-10(13-7-6-12-9)14-8-4-2-1-3-5-8;5-3-4(6)8-2-1-7-3;1-2/h1-7H,(H2,11,12)(H,13,14);1-2H,(H2,6,8);1-2H2. The van der Waals surface area contributed by atoms with Crippen molar-refractivity contribution >= 4 is 44.1 Å². The van der Waals surface area contributed by atoms with Crippen LogP contribution in [0.2, 0.25) is 5.15 Å². The van der Waals surface area contributed by atoms with E-state index in [0.717, 1.165) is 5.69 Å². The maximum atomic E-state index is 5.63. The second-order valence-corrected chi connectivity index (χ2v) is 4.37. The highest BCUT2D eigenvalue weighted by atomic mass is 35.5. The lowest BCUT2D eigenvalue weighted by molar-refractivity contribution is 1.21. The Kier molecular flexibility index (Phi) is 8.99. The smallest absolute Gasteiger partial charge is 0.173 e. The summed E-state index contributed by atoms with van der Waals surface area (Å²) in [6.07, 6.45) is 6.13. The van der Waals surface area contributed by atoms with E-state index in [4.69, 9.17) is 23.1 Å². The van der Waals surface area contributed by atoms with Crippen molar-refractivity contribution < 1.29 is 0 Å². The second kappa shape index (κ2) is 11.1. The minimum atomic E-state index is 0.257. The zero-order valence-corrected chi connectivity index (χ0v) is 14.6. The Labute approximate surface area is 147 Å². The summed E-state index contributed by atoms with van der Waals surface area (Å²) in [5.41, 5.74) is 16.2. The van der Waals surface area contributed by atoms with Crippen LogP contribution in [0.15, 0.2) is 55.1 Å². The number of hydrogen-bond donors (Lipinski definition) is 4. The number of aromatic nitrogens is 4. The van der Waals surface area contributed by atoms with Crippen molar-refractivity contribution in [2.75, 3.05) is 16.8 Å². The molecule has 8 nitrogen and oxygen atoms in total. The highest BCUT2D eigenvalue weighted by Crippen LogP contribution is 2.16. The Bertz CT molecular complexity index is 708. The van der Waals surface area contributed by atoms with Crippen LogP contribution in [0.25, 0.3) is 0 Å². The third kappa shape index (κ3) is 6.70. The Morgan fingerprint density at radius 2 is 1.33 bits per heavy atom. The van der Waals surface area contributed by atoms with Crippen LogP contribution < -0.4 is 22.3 Å². The van der Waals surface area contributed by atoms with Crippen LogP contribution in [0.5, 0.6) is 0 Å². The molecule has 0 saturated heterocycles. The van der Waals surface area contributed by atoms with E-state index in [9.17, 15) is 0 Å². The van der Waals surface area contributed by atoms with Crippen LogP contribution in [-0.4, -0.2) is 19.9 Å². The van der Waals surface area contributed by atoms with Crippen molar-refractivity contribution in [2.24, 2.45) is 5.50 Å². The fourth-order valence-electron chi connectivity index (χ4n) is 1.44. The van der Waals surface area contributed by atoms with Gasteiger partial charge < -0.3 is 22.3 Å². The van der Waals surface area contributed by atoms with Gasteiger partial charge >= 0.3 is 0 Å². The van der Waals surface area contributed by atoms with Gasteiger partial charge in [0.2, 0.25) is 0 Å². The number of rotatable bonds is 2. The van der Waals surface area contributed by atoms with E-state index in [1.807, 2.05) is 39.7 Å². The van der Waals surface area contributed by atoms with E-state index in [2.05, 4.69) is 30.8 Å². The third-order valence-electron chi connectivity index (χ3n) is 2.44. The molecule has 0 aliphatic rings. The highest BCUT2D eigenvalue weighted by molar-refractivity contribution is 7.13. The van der Waals surface area contributed by atoms with Crippen molar-refractivity contribution in [2.45, 2.75) is 0 Å². The Morgan fingerprint density at radius 3 is 1.83 bits per heavy atom. The molecule has 0 aliphatic carbocycles. The van der Waals surface area contributed by atoms with E-state index in [1.165, 1.54) is 12.4 Å². The molecule has 3 rings (SSSR count). The molecule has 3 aromatic rings. The SMILES string of the molecule is NP.Nc1nccnc1Cl.Nc1nccnc1Nc1ccccc1. The number of benzene rings is 1. The molecule has 0 aliphatic heterocycles. The van der Waals surface area contributed by atoms with Gasteiger partial charge in [-0.05, 0) is 12.1 Å². The number of hydrogen-bond acceptors (Lipinski definition) is 8. The molecule has 0 saturated carbocycles. The van der Waals surface area contributed by atoms with Crippen LogP contribution in [0.4, 0.5) is 23.1 Å². The van der Waals surface area contributed by atoms with Gasteiger partial charge in [-0.2, -0.15) is 0 Å². The van der Waals surface area contributed by atoms with Gasteiger partial charge in [-0.15, -0.1) is 0 Å². The first-order valence-electron chi connectivity index (χ1n) is 6.60. The van der Waals surface area contributed by atoms with E-state index in [-0.39, 0.29) is 11.0 Å². The van der Waals surface area contributed by atoms with Crippen molar-refractivity contribution in [1.29, 1.82) is 0 Å². The summed E-state index contributed by atoms with van der Waals surface area (Å²) >= 11 is 5.41. The van der Waals surface area contributed by atoms with E-state index in [0.29, 0.717) is 11.6 Å². The fourth-order valence-corrected chi connectivity index (χ4v) is 1.54. The number of anilines is 4. The first-order valence-corrected chi connectivity index (χ1v) is 7.65. The van der Waals surface area contributed by atoms with Crippen LogP contribution in [0.1, 0.15) is 0 Å². The molecule has 0 bridgehead atoms. The van der Waals surface area contributed by atoms with E-state index < -0.39 is 0 Å². The molecule has 126 valence electrons. The van der Waals surface area contributed by atoms with Crippen molar-refractivity contribution in [3.63, 3.8) is 0 Å². The van der Waals surface area contributed by atoms with Crippen LogP contribution in [0.3, 0.4) is 0 Å². The third-order valence-corrected chi connectivity index (χ3v) is 2.73. The van der Waals surface area contributed by atoms with Gasteiger partial charge in [-0.25, -0.2) is 19.9 Å². The lowest BCUT2D eigenvalue weighted by Gasteiger charge is -2.05. The molecule has 1 atom stereocenters. The minimum absolute atomic E-state index is 0.257. The largest absolute Gasteiger partial charge is 0.381 e. The number of nitrogens with one attached hydrogen (secondary N) is 1. The van der Waals surface area contributed by atoms with Gasteiger partial charge in [0.05, 0.1) is 0 Å². The molecule has 0 spiro atoms. The normalized spacial score (nSPS) is 8.96. The van der Waals surface area contributed by atoms with Crippen LogP contribution >= 0.6 is 21.0 Å². The van der Waals surface area contributed by atoms with Crippen molar-refractivity contribution in [1.82, 2.24) is 19.9 Å². The monoisotopic (exact) mass is 364 g/mol. The maximum absolute atomic E-state index is 5.63. The highest BCUT2D eigenvalue weighted by Gasteiger charge is 1.99. The Balaban J connectivity index is 0.000000245. The van der Waals surface area contributed by atoms with Gasteiger partial charge in [0.25, 0.3) is 0 Å². The zero-order chi connectivity index (χ0) is 17.8. The number of nitrogen functional groups attached to an aromatic ring is 2. The Hall–Kier alpha value is -2.54. The summed E-state index contributed by atoms with van der Waals surface area (Å²) in [6, 6.07) is 9.71. The van der Waals surface area contributed by atoms with Gasteiger partial charge in [0.1, 0.15) is 0 Å². The Morgan fingerprint density at radius 1 is 0.792 bits per heavy atom. The average Bonchev–Trinajstić information content (AvgIpc) is 2.63. The first-order chi connectivity index (χ1) is 11.7. The number of nitrogens with two attached hydrogens (primary N) is 3. The predicted molar refractivity (Wildman–Crippen MR) is 102 cm³/mol. The molecule has 1 aromatic carbocycles. The summed E-state index contributed by atoms with van der Waals surface area (Å²) < 4.78 is 0. The van der Waals surface area contributed by atoms with E-state index in [1.54, 1.807) is 12.4 Å². The van der Waals surface area contributed by atoms with Crippen LogP contribution in [0, 0.1) is 0 Å². The summed E-state index contributed by atoms with van der Waals surface area (Å²) in [7, 11) is 1.92. The summed E-state index contributed by atoms with van der Waals surface area (Å²) in [4.78, 5) is 15.3. The van der Waals surface area contributed by atoms with Gasteiger partial charge in [0, 0.05) is 30.5 Å².